The van der Waals surface area contributed by atoms with Crippen LogP contribution < -0.4 is 5.32 Å². The molecule has 0 radical (unpaired) electrons. The van der Waals surface area contributed by atoms with Crippen molar-refractivity contribution in [3.63, 3.8) is 0 Å². The Bertz CT molecular complexity index is 857. The van der Waals surface area contributed by atoms with E-state index in [1.807, 2.05) is 6.07 Å². The van der Waals surface area contributed by atoms with E-state index in [2.05, 4.69) is 5.32 Å². The zero-order chi connectivity index (χ0) is 21.8. The monoisotopic (exact) mass is 430 g/mol. The molecule has 0 aliphatic carbocycles. The summed E-state index contributed by atoms with van der Waals surface area (Å²) in [6.45, 7) is 2.09. The second-order valence-electron chi connectivity index (χ2n) is 6.48. The molecule has 1 aliphatic heterocycles. The molecule has 0 spiro atoms. The lowest BCUT2D eigenvalue weighted by molar-refractivity contribution is -0.160. The number of rotatable bonds is 8. The Morgan fingerprint density at radius 3 is 2.41 bits per heavy atom. The molecule has 29 heavy (non-hydrogen) atoms. The van der Waals surface area contributed by atoms with Gasteiger partial charge in [0.05, 0.1) is 12.0 Å². The van der Waals surface area contributed by atoms with Gasteiger partial charge in [-0.25, -0.2) is 9.10 Å². The molecule has 1 aromatic carbocycles. The van der Waals surface area contributed by atoms with Gasteiger partial charge in [0.15, 0.2) is 0 Å². The predicted molar refractivity (Wildman–Crippen MR) is 97.5 cm³/mol. The molecule has 11 nitrogen and oxygen atoms in total. The maximum Gasteiger partial charge on any atom is 0.407 e. The maximum absolute atomic E-state index is 11.9. The van der Waals surface area contributed by atoms with Crippen LogP contribution in [0.4, 0.5) is 4.79 Å². The first-order chi connectivity index (χ1) is 13.5. The minimum Gasteiger partial charge on any atom is -0.460 e. The lowest BCUT2D eigenvalue weighted by Gasteiger charge is -2.47. The van der Waals surface area contributed by atoms with E-state index in [0.717, 1.165) is 5.56 Å². The number of hydrogen-bond acceptors (Lipinski definition) is 8. The van der Waals surface area contributed by atoms with Gasteiger partial charge >= 0.3 is 22.4 Å². The molecule has 0 saturated carbocycles. The summed E-state index contributed by atoms with van der Waals surface area (Å²) >= 11 is 0. The van der Waals surface area contributed by atoms with Gasteiger partial charge in [-0.15, -0.1) is 0 Å². The Labute approximate surface area is 167 Å². The molecular weight excluding hydrogens is 408 g/mol. The van der Waals surface area contributed by atoms with E-state index in [4.69, 9.17) is 14.0 Å². The molecule has 1 aromatic rings. The largest absolute Gasteiger partial charge is 0.460 e. The zero-order valence-corrected chi connectivity index (χ0v) is 16.5. The normalized spacial score (nSPS) is 21.0. The summed E-state index contributed by atoms with van der Waals surface area (Å²) in [6, 6.07) is 7.61. The number of aliphatic hydroxyl groups excluding tert-OH is 1. The lowest BCUT2D eigenvalue weighted by atomic mass is 9.83. The fourth-order valence-corrected chi connectivity index (χ4v) is 3.92. The number of esters is 1. The number of hydrogen-bond donors (Lipinski definition) is 3. The Morgan fingerprint density at radius 2 is 1.86 bits per heavy atom. The summed E-state index contributed by atoms with van der Waals surface area (Å²) in [5.41, 5.74) is 0.765. The van der Waals surface area contributed by atoms with Crippen LogP contribution in [0.5, 0.6) is 0 Å². The van der Waals surface area contributed by atoms with Gasteiger partial charge in [0, 0.05) is 0 Å². The van der Waals surface area contributed by atoms with Gasteiger partial charge in [-0.3, -0.25) is 14.1 Å². The van der Waals surface area contributed by atoms with Crippen LogP contribution in [0.15, 0.2) is 30.3 Å². The van der Waals surface area contributed by atoms with Gasteiger partial charge in [0.25, 0.3) is 0 Å². The fraction of sp³-hybridized carbons (Fsp3) is 0.471. The van der Waals surface area contributed by atoms with Crippen molar-refractivity contribution in [1.82, 2.24) is 9.62 Å². The summed E-state index contributed by atoms with van der Waals surface area (Å²) < 4.78 is 42.0. The van der Waals surface area contributed by atoms with Gasteiger partial charge in [0.1, 0.15) is 25.3 Å². The number of ether oxygens (including phenoxy) is 2. The molecule has 160 valence electrons. The lowest BCUT2D eigenvalue weighted by Crippen LogP contribution is -2.69. The van der Waals surface area contributed by atoms with Crippen molar-refractivity contribution in [2.24, 2.45) is 5.92 Å². The van der Waals surface area contributed by atoms with E-state index >= 15 is 0 Å². The highest BCUT2D eigenvalue weighted by Crippen LogP contribution is 2.35. The molecule has 1 fully saturated rings. The van der Waals surface area contributed by atoms with Gasteiger partial charge < -0.3 is 19.9 Å². The van der Waals surface area contributed by atoms with Gasteiger partial charge in [-0.05, 0) is 19.4 Å². The summed E-state index contributed by atoms with van der Waals surface area (Å²) in [5, 5.41) is 11.8. The molecule has 2 amide bonds. The van der Waals surface area contributed by atoms with Crippen molar-refractivity contribution in [2.75, 3.05) is 6.54 Å². The van der Waals surface area contributed by atoms with Crippen molar-refractivity contribution < 1.29 is 41.9 Å². The minimum atomic E-state index is -4.88. The van der Waals surface area contributed by atoms with Crippen molar-refractivity contribution in [2.45, 2.75) is 38.7 Å². The molecule has 0 unspecified atom stereocenters. The van der Waals surface area contributed by atoms with Gasteiger partial charge in [-0.2, -0.15) is 8.42 Å². The van der Waals surface area contributed by atoms with Gasteiger partial charge in [-0.1, -0.05) is 30.3 Å². The van der Waals surface area contributed by atoms with Gasteiger partial charge in [0.2, 0.25) is 5.91 Å². The first-order valence-electron chi connectivity index (χ1n) is 8.65. The first kappa shape index (κ1) is 22.6. The average Bonchev–Trinajstić information content (AvgIpc) is 2.61. The Balaban J connectivity index is 1.85. The second kappa shape index (κ2) is 9.20. The molecule has 12 heteroatoms. The van der Waals surface area contributed by atoms with E-state index in [0.29, 0.717) is 0 Å². The zero-order valence-electron chi connectivity index (χ0n) is 15.7. The molecule has 2 rings (SSSR count). The predicted octanol–water partition coefficient (Wildman–Crippen LogP) is -0.145. The first-order valence-corrected chi connectivity index (χ1v) is 10.0. The van der Waals surface area contributed by atoms with E-state index in [9.17, 15) is 27.9 Å². The average molecular weight is 430 g/mol. The van der Waals surface area contributed by atoms with Crippen molar-refractivity contribution in [3.05, 3.63) is 35.9 Å². The number of aliphatic hydroxyl groups is 1. The van der Waals surface area contributed by atoms with E-state index in [1.165, 1.54) is 13.8 Å². The summed E-state index contributed by atoms with van der Waals surface area (Å²) in [4.78, 5) is 35.4. The molecule has 1 heterocycles. The smallest absolute Gasteiger partial charge is 0.407 e. The number of carbonyl (C=O) groups is 3. The third kappa shape index (κ3) is 5.65. The molecule has 1 aliphatic rings. The van der Waals surface area contributed by atoms with E-state index in [1.54, 1.807) is 24.3 Å². The number of β-lactam (4-membered cyclic amide) rings is 1. The van der Waals surface area contributed by atoms with Crippen LogP contribution in [-0.2, 0) is 36.0 Å². The quantitative estimate of drug-likeness (QED) is 0.290. The number of alkyl carbamates (subject to hydrolysis) is 1. The van der Waals surface area contributed by atoms with Crippen molar-refractivity contribution >= 4 is 28.3 Å². The SMILES string of the molecule is C[C@H](OC(=O)NCC(=O)OCc1ccccc1)[C@@H]1[C@@H]([C@@H](C)O)C(=O)N1S(=O)(=O)O. The Kier molecular flexibility index (Phi) is 7.16. The molecule has 0 aromatic heterocycles. The molecule has 1 saturated heterocycles. The van der Waals surface area contributed by atoms with Crippen molar-refractivity contribution in [3.8, 4) is 0 Å². The molecule has 4 atom stereocenters. The third-order valence-electron chi connectivity index (χ3n) is 4.30. The van der Waals surface area contributed by atoms with E-state index < -0.39 is 59.0 Å². The molecule has 3 N–H and O–H groups in total. The maximum atomic E-state index is 11.9. The summed E-state index contributed by atoms with van der Waals surface area (Å²) in [5.74, 6) is -2.90. The number of amides is 2. The van der Waals surface area contributed by atoms with Crippen LogP contribution >= 0.6 is 0 Å². The van der Waals surface area contributed by atoms with Crippen LogP contribution in [0.3, 0.4) is 0 Å². The molecule has 0 bridgehead atoms. The van der Waals surface area contributed by atoms with E-state index in [-0.39, 0.29) is 10.9 Å². The Morgan fingerprint density at radius 1 is 1.24 bits per heavy atom. The van der Waals surface area contributed by atoms with Crippen LogP contribution in [-0.4, -0.2) is 65.1 Å². The highest BCUT2D eigenvalue weighted by Gasteiger charge is 2.58. The number of nitrogens with one attached hydrogen (secondary N) is 1. The standard InChI is InChI=1S/C17H22N2O9S/c1-10(20)14-15(19(16(14)22)29(24,25)26)11(2)28-17(23)18-8-13(21)27-9-12-6-4-3-5-7-12/h3-7,10-11,14-15,20H,8-9H2,1-2H3,(H,18,23)(H,24,25,26)/t10-,11+,14-,15-/m1/s1. The minimum absolute atomic E-state index is 0.0242. The fourth-order valence-electron chi connectivity index (χ4n) is 2.96. The molecular formula is C17H22N2O9S. The highest BCUT2D eigenvalue weighted by molar-refractivity contribution is 7.84. The topological polar surface area (TPSA) is 160 Å². The third-order valence-corrected chi connectivity index (χ3v) is 5.22. The summed E-state index contributed by atoms with van der Waals surface area (Å²) in [7, 11) is -4.88. The second-order valence-corrected chi connectivity index (χ2v) is 7.77. The van der Waals surface area contributed by atoms with Crippen LogP contribution in [0.1, 0.15) is 19.4 Å². The number of nitrogens with zero attached hydrogens (tertiary/aromatic N) is 1. The highest BCUT2D eigenvalue weighted by atomic mass is 32.2. The van der Waals surface area contributed by atoms with Crippen molar-refractivity contribution in [1.29, 1.82) is 0 Å². The Hall–Kier alpha value is -2.70. The van der Waals surface area contributed by atoms with Crippen LogP contribution in [0, 0.1) is 5.92 Å². The number of benzene rings is 1. The van der Waals surface area contributed by atoms with Crippen LogP contribution in [0.2, 0.25) is 0 Å². The summed E-state index contributed by atoms with van der Waals surface area (Å²) in [6.07, 6.45) is -3.49. The number of carbonyl (C=O) groups excluding carboxylic acids is 3. The van der Waals surface area contributed by atoms with Crippen LogP contribution in [0.25, 0.3) is 0 Å².